The van der Waals surface area contributed by atoms with Gasteiger partial charge in [-0.3, -0.25) is 14.5 Å². The lowest BCUT2D eigenvalue weighted by Gasteiger charge is -2.32. The van der Waals surface area contributed by atoms with E-state index in [1.807, 2.05) is 36.4 Å². The van der Waals surface area contributed by atoms with E-state index in [1.165, 1.54) is 11.8 Å². The fourth-order valence-electron chi connectivity index (χ4n) is 4.60. The highest BCUT2D eigenvalue weighted by Crippen LogP contribution is 2.37. The number of ether oxygens (including phenoxy) is 2. The second kappa shape index (κ2) is 16.1. The Morgan fingerprint density at radius 2 is 1.60 bits per heavy atom. The summed E-state index contributed by atoms with van der Waals surface area (Å²) in [6.45, 7) is 6.13. The Hall–Kier alpha value is -3.12. The van der Waals surface area contributed by atoms with Crippen molar-refractivity contribution in [1.82, 2.24) is 9.80 Å². The Morgan fingerprint density at radius 1 is 0.953 bits per heavy atom. The first-order chi connectivity index (χ1) is 19.9. The third-order valence-electron chi connectivity index (χ3n) is 6.93. The van der Waals surface area contributed by atoms with Crippen LogP contribution in [0, 0.1) is 0 Å². The quantitative estimate of drug-likeness (QED) is 0.165. The van der Waals surface area contributed by atoms with Crippen LogP contribution >= 0.6 is 48.8 Å². The first kappa shape index (κ1) is 34.4. The number of thiocarbonyl (C=S) groups is 1. The van der Waals surface area contributed by atoms with E-state index >= 15 is 0 Å². The molecule has 0 spiro atoms. The van der Waals surface area contributed by atoms with Crippen LogP contribution in [0.2, 0.25) is 0 Å². The van der Waals surface area contributed by atoms with Crippen LogP contribution in [-0.2, 0) is 4.79 Å². The van der Waals surface area contributed by atoms with Gasteiger partial charge in [0, 0.05) is 32.7 Å². The van der Waals surface area contributed by atoms with Crippen molar-refractivity contribution in [1.29, 1.82) is 0 Å². The number of benzene rings is 3. The summed E-state index contributed by atoms with van der Waals surface area (Å²) in [7, 11) is 2.16. The number of hydrogen-bond acceptors (Lipinski definition) is 8. The topological polar surface area (TPSA) is 88.3 Å². The van der Waals surface area contributed by atoms with E-state index in [0.717, 1.165) is 50.5 Å². The van der Waals surface area contributed by atoms with Gasteiger partial charge in [0.25, 0.3) is 11.8 Å². The third-order valence-corrected chi connectivity index (χ3v) is 8.23. The Labute approximate surface area is 274 Å². The summed E-state index contributed by atoms with van der Waals surface area (Å²) in [5.74, 6) is 0.976. The largest absolute Gasteiger partial charge is 0.494 e. The summed E-state index contributed by atoms with van der Waals surface area (Å²) < 4.78 is 12.3. The molecule has 2 N–H and O–H groups in total. The standard InChI is InChI=1S/C31H32N4O4S2.2ClH/c1-33-16-18-34(19-17-33)15-4-20-38-24-13-9-23(10-14-24)35-30(37)28(41-31(35)40)21-22-7-11-25(12-8-22)39-27-6-3-2-5-26(27)29(32)36;;/h2-3,5-14,21H,4,15-20H2,1H3,(H2,32,36);2*1H/b28-21-;;. The number of piperazine rings is 1. The molecule has 5 rings (SSSR count). The number of hydrogen-bond donors (Lipinski definition) is 1. The summed E-state index contributed by atoms with van der Waals surface area (Å²) >= 11 is 6.80. The number of amides is 2. The van der Waals surface area contributed by atoms with Gasteiger partial charge in [-0.25, -0.2) is 0 Å². The van der Waals surface area contributed by atoms with Crippen molar-refractivity contribution in [3.63, 3.8) is 0 Å². The highest BCUT2D eigenvalue weighted by Gasteiger charge is 2.33. The lowest BCUT2D eigenvalue weighted by Crippen LogP contribution is -2.44. The fraction of sp³-hybridized carbons (Fsp3) is 0.258. The normalized spacial score (nSPS) is 16.5. The van der Waals surface area contributed by atoms with Crippen LogP contribution in [0.3, 0.4) is 0 Å². The van der Waals surface area contributed by atoms with Gasteiger partial charge in [-0.1, -0.05) is 48.2 Å². The summed E-state index contributed by atoms with van der Waals surface area (Å²) in [6.07, 6.45) is 2.77. The number of halogens is 2. The maximum atomic E-state index is 13.2. The van der Waals surface area contributed by atoms with Crippen molar-refractivity contribution in [3.8, 4) is 17.2 Å². The lowest BCUT2D eigenvalue weighted by molar-refractivity contribution is -0.113. The SMILES string of the molecule is CN1CCN(CCCOc2ccc(N3C(=O)/C(=C/c4ccc(Oc5ccccc5C(N)=O)cc4)SC3=S)cc2)CC1.Cl.Cl. The molecule has 12 heteroatoms. The number of nitrogens with two attached hydrogens (primary N) is 1. The highest BCUT2D eigenvalue weighted by molar-refractivity contribution is 8.27. The number of thioether (sulfide) groups is 1. The predicted octanol–water partition coefficient (Wildman–Crippen LogP) is 5.84. The van der Waals surface area contributed by atoms with Crippen LogP contribution in [0.5, 0.6) is 17.2 Å². The van der Waals surface area contributed by atoms with Gasteiger partial charge in [0.1, 0.15) is 17.2 Å². The first-order valence-electron chi connectivity index (χ1n) is 13.5. The number of anilines is 1. The molecular weight excluding hydrogens is 627 g/mol. The Morgan fingerprint density at radius 3 is 2.28 bits per heavy atom. The van der Waals surface area contributed by atoms with Gasteiger partial charge in [0.15, 0.2) is 4.32 Å². The average molecular weight is 662 g/mol. The molecule has 2 aliphatic heterocycles. The molecule has 0 aromatic heterocycles. The van der Waals surface area contributed by atoms with Crippen LogP contribution in [-0.4, -0.2) is 72.3 Å². The fourth-order valence-corrected chi connectivity index (χ4v) is 5.90. The second-order valence-electron chi connectivity index (χ2n) is 9.89. The van der Waals surface area contributed by atoms with Crippen molar-refractivity contribution < 1.29 is 19.1 Å². The lowest BCUT2D eigenvalue weighted by atomic mass is 10.2. The summed E-state index contributed by atoms with van der Waals surface area (Å²) in [6, 6.07) is 21.5. The van der Waals surface area contributed by atoms with Gasteiger partial charge in [-0.15, -0.1) is 24.8 Å². The first-order valence-corrected chi connectivity index (χ1v) is 14.7. The molecule has 0 atom stereocenters. The number of para-hydroxylation sites is 1. The summed E-state index contributed by atoms with van der Waals surface area (Å²) in [5.41, 5.74) is 7.27. The maximum Gasteiger partial charge on any atom is 0.270 e. The van der Waals surface area contributed by atoms with Gasteiger partial charge < -0.3 is 25.0 Å². The van der Waals surface area contributed by atoms with Crippen molar-refractivity contribution in [2.45, 2.75) is 6.42 Å². The molecule has 0 radical (unpaired) electrons. The van der Waals surface area contributed by atoms with Crippen molar-refractivity contribution in [2.75, 3.05) is 51.3 Å². The van der Waals surface area contributed by atoms with E-state index in [4.69, 9.17) is 27.4 Å². The Balaban J connectivity index is 0.00000253. The zero-order chi connectivity index (χ0) is 28.8. The van der Waals surface area contributed by atoms with E-state index in [2.05, 4.69) is 16.8 Å². The molecule has 2 amide bonds. The zero-order valence-electron chi connectivity index (χ0n) is 23.6. The van der Waals surface area contributed by atoms with Gasteiger partial charge in [-0.2, -0.15) is 0 Å². The zero-order valence-corrected chi connectivity index (χ0v) is 26.9. The summed E-state index contributed by atoms with van der Waals surface area (Å²) in [5, 5.41) is 0. The number of rotatable bonds is 10. The van der Waals surface area contributed by atoms with Crippen molar-refractivity contribution in [3.05, 3.63) is 88.8 Å². The van der Waals surface area contributed by atoms with Crippen LogP contribution in [0.25, 0.3) is 6.08 Å². The molecule has 0 saturated carbocycles. The molecular formula is C31H34Cl2N4O4S2. The van der Waals surface area contributed by atoms with E-state index in [0.29, 0.717) is 38.6 Å². The van der Waals surface area contributed by atoms with E-state index < -0.39 is 5.91 Å². The van der Waals surface area contributed by atoms with Gasteiger partial charge in [0.05, 0.1) is 22.8 Å². The molecule has 228 valence electrons. The molecule has 2 saturated heterocycles. The Bertz CT molecular complexity index is 1450. The summed E-state index contributed by atoms with van der Waals surface area (Å²) in [4.78, 5) is 31.8. The van der Waals surface area contributed by atoms with E-state index in [-0.39, 0.29) is 30.7 Å². The van der Waals surface area contributed by atoms with Gasteiger partial charge in [0.2, 0.25) is 0 Å². The van der Waals surface area contributed by atoms with Gasteiger partial charge in [-0.05, 0) is 73.6 Å². The minimum atomic E-state index is -0.557. The van der Waals surface area contributed by atoms with Crippen LogP contribution in [0.1, 0.15) is 22.3 Å². The number of carbonyl (C=O) groups is 2. The molecule has 2 aliphatic rings. The third kappa shape index (κ3) is 8.95. The van der Waals surface area contributed by atoms with Crippen LogP contribution in [0.4, 0.5) is 5.69 Å². The molecule has 2 fully saturated rings. The molecule has 43 heavy (non-hydrogen) atoms. The van der Waals surface area contributed by atoms with E-state index in [1.54, 1.807) is 47.4 Å². The molecule has 8 nitrogen and oxygen atoms in total. The molecule has 0 aliphatic carbocycles. The van der Waals surface area contributed by atoms with Crippen LogP contribution in [0.15, 0.2) is 77.7 Å². The molecule has 3 aromatic carbocycles. The molecule has 0 unspecified atom stereocenters. The molecule has 2 heterocycles. The Kier molecular flexibility index (Phi) is 12.9. The van der Waals surface area contributed by atoms with Crippen LogP contribution < -0.4 is 20.1 Å². The maximum absolute atomic E-state index is 13.2. The predicted molar refractivity (Wildman–Crippen MR) is 182 cm³/mol. The molecule has 3 aromatic rings. The minimum Gasteiger partial charge on any atom is -0.494 e. The minimum absolute atomic E-state index is 0. The van der Waals surface area contributed by atoms with Crippen molar-refractivity contribution >= 4 is 76.7 Å². The smallest absolute Gasteiger partial charge is 0.270 e. The number of primary amides is 1. The second-order valence-corrected chi connectivity index (χ2v) is 11.6. The van der Waals surface area contributed by atoms with Gasteiger partial charge >= 0.3 is 0 Å². The number of nitrogens with zero attached hydrogens (tertiary/aromatic N) is 3. The monoisotopic (exact) mass is 660 g/mol. The van der Waals surface area contributed by atoms with E-state index in [9.17, 15) is 9.59 Å². The van der Waals surface area contributed by atoms with Crippen molar-refractivity contribution in [2.24, 2.45) is 5.73 Å². The molecule has 0 bridgehead atoms. The average Bonchev–Trinajstić information content (AvgIpc) is 3.25. The number of likely N-dealkylation sites (N-methyl/N-ethyl adjacent to an activating group) is 1. The highest BCUT2D eigenvalue weighted by atomic mass is 35.5. The number of carbonyl (C=O) groups excluding carboxylic acids is 2.